The number of ether oxygens (including phenoxy) is 1. The molecule has 1 nitrogen and oxygen atoms in total. The van der Waals surface area contributed by atoms with Gasteiger partial charge < -0.3 is 4.74 Å². The average Bonchev–Trinajstić information content (AvgIpc) is 2.24. The van der Waals surface area contributed by atoms with E-state index >= 15 is 0 Å². The van der Waals surface area contributed by atoms with Crippen molar-refractivity contribution in [2.75, 3.05) is 6.61 Å². The second-order valence-corrected chi connectivity index (χ2v) is 3.93. The molecular formula is C13H19FO. The van der Waals surface area contributed by atoms with Crippen LogP contribution in [0.5, 0.6) is 5.75 Å². The molecule has 1 aromatic carbocycles. The predicted octanol–water partition coefficient (Wildman–Crippen LogP) is 3.95. The van der Waals surface area contributed by atoms with Gasteiger partial charge in [0.05, 0.1) is 6.61 Å². The molecule has 0 unspecified atom stereocenters. The summed E-state index contributed by atoms with van der Waals surface area (Å²) in [4.78, 5) is 0. The first-order valence-electron chi connectivity index (χ1n) is 5.56. The lowest BCUT2D eigenvalue weighted by Gasteiger charge is -2.14. The Hall–Kier alpha value is -1.05. The van der Waals surface area contributed by atoms with Crippen LogP contribution in [-0.4, -0.2) is 6.61 Å². The Balaban J connectivity index is 2.60. The van der Waals surface area contributed by atoms with E-state index in [0.29, 0.717) is 18.3 Å². The number of benzene rings is 1. The largest absolute Gasteiger partial charge is 0.490 e. The normalized spacial score (nSPS) is 10.7. The third-order valence-corrected chi connectivity index (χ3v) is 2.72. The maximum atomic E-state index is 13.3. The Bertz CT molecular complexity index is 305. The molecule has 84 valence electrons. The fraction of sp³-hybridized carbons (Fsp3) is 0.538. The van der Waals surface area contributed by atoms with Crippen LogP contribution in [0, 0.1) is 18.7 Å². The summed E-state index contributed by atoms with van der Waals surface area (Å²) in [6, 6.07) is 4.95. The summed E-state index contributed by atoms with van der Waals surface area (Å²) in [5.74, 6) is 0.623. The number of hydrogen-bond acceptors (Lipinski definition) is 1. The Morgan fingerprint density at radius 2 is 1.93 bits per heavy atom. The zero-order valence-electron chi connectivity index (χ0n) is 9.72. The van der Waals surface area contributed by atoms with Crippen molar-refractivity contribution < 1.29 is 9.13 Å². The summed E-state index contributed by atoms with van der Waals surface area (Å²) in [6.45, 7) is 6.80. The van der Waals surface area contributed by atoms with Gasteiger partial charge in [0.15, 0.2) is 11.6 Å². The van der Waals surface area contributed by atoms with E-state index in [2.05, 4.69) is 13.8 Å². The molecule has 0 aliphatic carbocycles. The molecule has 0 aliphatic rings. The highest BCUT2D eigenvalue weighted by molar-refractivity contribution is 5.29. The minimum Gasteiger partial charge on any atom is -0.490 e. The third-order valence-electron chi connectivity index (χ3n) is 2.72. The van der Waals surface area contributed by atoms with Gasteiger partial charge in [-0.2, -0.15) is 0 Å². The third kappa shape index (κ3) is 3.54. The van der Waals surface area contributed by atoms with Crippen LogP contribution in [0.3, 0.4) is 0 Å². The standard InChI is InChI=1S/C13H19FO/c1-4-11(5-2)9-15-13-8-10(3)6-7-12(13)14/h6-8,11H,4-5,9H2,1-3H3. The first-order chi connectivity index (χ1) is 7.17. The zero-order chi connectivity index (χ0) is 11.3. The SMILES string of the molecule is CCC(CC)COc1cc(C)ccc1F. The van der Waals surface area contributed by atoms with Crippen LogP contribution in [0.15, 0.2) is 18.2 Å². The van der Waals surface area contributed by atoms with Crippen molar-refractivity contribution in [3.63, 3.8) is 0 Å². The number of halogens is 1. The minimum absolute atomic E-state index is 0.272. The highest BCUT2D eigenvalue weighted by atomic mass is 19.1. The van der Waals surface area contributed by atoms with Crippen LogP contribution < -0.4 is 4.74 Å². The topological polar surface area (TPSA) is 9.23 Å². The van der Waals surface area contributed by atoms with Crippen LogP contribution in [0.4, 0.5) is 4.39 Å². The molecule has 0 atom stereocenters. The van der Waals surface area contributed by atoms with Gasteiger partial charge in [-0.25, -0.2) is 4.39 Å². The molecular weight excluding hydrogens is 191 g/mol. The van der Waals surface area contributed by atoms with E-state index in [1.165, 1.54) is 6.07 Å². The van der Waals surface area contributed by atoms with E-state index in [9.17, 15) is 4.39 Å². The second-order valence-electron chi connectivity index (χ2n) is 3.93. The molecule has 0 heterocycles. The Labute approximate surface area is 91.3 Å². The summed E-state index contributed by atoms with van der Waals surface area (Å²) in [6.07, 6.45) is 2.15. The van der Waals surface area contributed by atoms with Gasteiger partial charge >= 0.3 is 0 Å². The van der Waals surface area contributed by atoms with Crippen LogP contribution >= 0.6 is 0 Å². The van der Waals surface area contributed by atoms with E-state index in [1.807, 2.05) is 6.92 Å². The summed E-state index contributed by atoms with van der Waals surface area (Å²) in [5.41, 5.74) is 1.02. The summed E-state index contributed by atoms with van der Waals surface area (Å²) in [5, 5.41) is 0. The molecule has 2 heteroatoms. The van der Waals surface area contributed by atoms with Gasteiger partial charge in [-0.1, -0.05) is 32.8 Å². The van der Waals surface area contributed by atoms with Gasteiger partial charge in [-0.05, 0) is 30.5 Å². The monoisotopic (exact) mass is 210 g/mol. The highest BCUT2D eigenvalue weighted by Crippen LogP contribution is 2.20. The Morgan fingerprint density at radius 3 is 2.53 bits per heavy atom. The lowest BCUT2D eigenvalue weighted by Crippen LogP contribution is -2.10. The Kier molecular flexibility index (Phi) is 4.60. The average molecular weight is 210 g/mol. The van der Waals surface area contributed by atoms with Crippen molar-refractivity contribution in [2.24, 2.45) is 5.92 Å². The lowest BCUT2D eigenvalue weighted by molar-refractivity contribution is 0.231. The van der Waals surface area contributed by atoms with Crippen molar-refractivity contribution in [1.82, 2.24) is 0 Å². The predicted molar refractivity (Wildman–Crippen MR) is 60.7 cm³/mol. The molecule has 0 amide bonds. The maximum absolute atomic E-state index is 13.3. The molecule has 0 saturated carbocycles. The summed E-state index contributed by atoms with van der Waals surface area (Å²) >= 11 is 0. The fourth-order valence-corrected chi connectivity index (χ4v) is 1.45. The highest BCUT2D eigenvalue weighted by Gasteiger charge is 2.07. The van der Waals surface area contributed by atoms with Crippen LogP contribution in [0.25, 0.3) is 0 Å². The molecule has 0 N–H and O–H groups in total. The van der Waals surface area contributed by atoms with E-state index in [4.69, 9.17) is 4.74 Å². The molecule has 1 aromatic rings. The Morgan fingerprint density at radius 1 is 1.27 bits per heavy atom. The van der Waals surface area contributed by atoms with E-state index in [1.54, 1.807) is 12.1 Å². The number of hydrogen-bond donors (Lipinski definition) is 0. The quantitative estimate of drug-likeness (QED) is 0.715. The van der Waals surface area contributed by atoms with Crippen molar-refractivity contribution in [3.8, 4) is 5.75 Å². The van der Waals surface area contributed by atoms with Gasteiger partial charge in [0.1, 0.15) is 0 Å². The van der Waals surface area contributed by atoms with Crippen molar-refractivity contribution in [2.45, 2.75) is 33.6 Å². The van der Waals surface area contributed by atoms with Gasteiger partial charge in [-0.3, -0.25) is 0 Å². The molecule has 0 fully saturated rings. The van der Waals surface area contributed by atoms with E-state index in [0.717, 1.165) is 18.4 Å². The van der Waals surface area contributed by atoms with Gasteiger partial charge in [0, 0.05) is 0 Å². The van der Waals surface area contributed by atoms with Crippen LogP contribution in [0.2, 0.25) is 0 Å². The summed E-state index contributed by atoms with van der Waals surface area (Å²) in [7, 11) is 0. The molecule has 0 bridgehead atoms. The molecule has 0 saturated heterocycles. The number of rotatable bonds is 5. The molecule has 0 aromatic heterocycles. The maximum Gasteiger partial charge on any atom is 0.165 e. The minimum atomic E-state index is -0.272. The van der Waals surface area contributed by atoms with Crippen molar-refractivity contribution >= 4 is 0 Å². The molecule has 15 heavy (non-hydrogen) atoms. The van der Waals surface area contributed by atoms with E-state index in [-0.39, 0.29) is 5.82 Å². The van der Waals surface area contributed by atoms with Crippen molar-refractivity contribution in [3.05, 3.63) is 29.6 Å². The molecule has 0 radical (unpaired) electrons. The first-order valence-corrected chi connectivity index (χ1v) is 5.56. The molecule has 0 spiro atoms. The lowest BCUT2D eigenvalue weighted by atomic mass is 10.1. The second kappa shape index (κ2) is 5.74. The van der Waals surface area contributed by atoms with Crippen LogP contribution in [-0.2, 0) is 0 Å². The van der Waals surface area contributed by atoms with E-state index < -0.39 is 0 Å². The molecule has 0 aliphatic heterocycles. The smallest absolute Gasteiger partial charge is 0.165 e. The fourth-order valence-electron chi connectivity index (χ4n) is 1.45. The molecule has 1 rings (SSSR count). The number of aryl methyl sites for hydroxylation is 1. The first kappa shape index (κ1) is 12.0. The zero-order valence-corrected chi connectivity index (χ0v) is 9.72. The van der Waals surface area contributed by atoms with Gasteiger partial charge in [-0.15, -0.1) is 0 Å². The van der Waals surface area contributed by atoms with Crippen LogP contribution in [0.1, 0.15) is 32.3 Å². The van der Waals surface area contributed by atoms with Gasteiger partial charge in [0.25, 0.3) is 0 Å². The van der Waals surface area contributed by atoms with Gasteiger partial charge in [0.2, 0.25) is 0 Å². The van der Waals surface area contributed by atoms with Crippen molar-refractivity contribution in [1.29, 1.82) is 0 Å². The summed E-state index contributed by atoms with van der Waals surface area (Å²) < 4.78 is 18.8.